The van der Waals surface area contributed by atoms with Crippen LogP contribution in [0.2, 0.25) is 0 Å². The molecule has 2 amide bonds. The van der Waals surface area contributed by atoms with Crippen LogP contribution in [0.1, 0.15) is 65.2 Å². The summed E-state index contributed by atoms with van der Waals surface area (Å²) in [5.41, 5.74) is 0. The number of rotatable bonds is 4. The van der Waals surface area contributed by atoms with Gasteiger partial charge in [0.05, 0.1) is 6.04 Å². The molecule has 5 nitrogen and oxygen atoms in total. The lowest BCUT2D eigenvalue weighted by atomic mass is 9.85. The van der Waals surface area contributed by atoms with Gasteiger partial charge in [-0.25, -0.2) is 0 Å². The first kappa shape index (κ1) is 20.5. The van der Waals surface area contributed by atoms with E-state index in [-0.39, 0.29) is 36.3 Å². The minimum Gasteiger partial charge on any atom is -0.352 e. The molecule has 2 N–H and O–H groups in total. The Kier molecular flexibility index (Phi) is 7.56. The van der Waals surface area contributed by atoms with Crippen molar-refractivity contribution in [3.05, 3.63) is 0 Å². The van der Waals surface area contributed by atoms with Crippen molar-refractivity contribution in [1.29, 1.82) is 0 Å². The van der Waals surface area contributed by atoms with Crippen LogP contribution in [0, 0.1) is 11.8 Å². The number of amides is 2. The molecule has 0 radical (unpaired) electrons. The van der Waals surface area contributed by atoms with Crippen molar-refractivity contribution >= 4 is 24.2 Å². The Morgan fingerprint density at radius 3 is 2.44 bits per heavy atom. The van der Waals surface area contributed by atoms with Gasteiger partial charge in [-0.1, -0.05) is 26.7 Å². The van der Waals surface area contributed by atoms with Crippen LogP contribution in [0.5, 0.6) is 0 Å². The summed E-state index contributed by atoms with van der Waals surface area (Å²) in [5.74, 6) is 1.55. The Labute approximate surface area is 158 Å². The lowest BCUT2D eigenvalue weighted by Crippen LogP contribution is -2.51. The van der Waals surface area contributed by atoms with Crippen molar-refractivity contribution in [2.45, 2.75) is 83.3 Å². The Morgan fingerprint density at radius 2 is 1.80 bits per heavy atom. The predicted octanol–water partition coefficient (Wildman–Crippen LogP) is 2.48. The highest BCUT2D eigenvalue weighted by Crippen LogP contribution is 2.33. The number of carbonyl (C=O) groups excluding carboxylic acids is 2. The number of halogens is 1. The number of hydrogen-bond acceptors (Lipinski definition) is 3. The molecule has 1 saturated carbocycles. The average Bonchev–Trinajstić information content (AvgIpc) is 2.99. The molecule has 0 aromatic carbocycles. The zero-order valence-electron chi connectivity index (χ0n) is 15.6. The van der Waals surface area contributed by atoms with Crippen LogP contribution < -0.4 is 10.6 Å². The summed E-state index contributed by atoms with van der Waals surface area (Å²) in [7, 11) is 0. The Hall–Kier alpha value is -0.810. The molecular formula is C19H34ClN3O2. The fraction of sp³-hybridized carbons (Fsp3) is 0.895. The van der Waals surface area contributed by atoms with Crippen LogP contribution in [-0.4, -0.2) is 47.9 Å². The monoisotopic (exact) mass is 371 g/mol. The van der Waals surface area contributed by atoms with E-state index in [0.29, 0.717) is 24.3 Å². The fourth-order valence-electron chi connectivity index (χ4n) is 4.57. The molecule has 3 rings (SSSR count). The minimum absolute atomic E-state index is 0. The van der Waals surface area contributed by atoms with Crippen LogP contribution >= 0.6 is 12.4 Å². The summed E-state index contributed by atoms with van der Waals surface area (Å²) < 4.78 is 0. The van der Waals surface area contributed by atoms with Crippen molar-refractivity contribution in [3.63, 3.8) is 0 Å². The zero-order chi connectivity index (χ0) is 17.1. The second kappa shape index (κ2) is 9.22. The van der Waals surface area contributed by atoms with Gasteiger partial charge in [0, 0.05) is 31.6 Å². The topological polar surface area (TPSA) is 61.4 Å². The maximum absolute atomic E-state index is 12.6. The van der Waals surface area contributed by atoms with Gasteiger partial charge in [-0.3, -0.25) is 9.59 Å². The maximum Gasteiger partial charge on any atom is 0.237 e. The number of nitrogens with zero attached hydrogens (tertiary/aromatic N) is 1. The molecule has 0 bridgehead atoms. The number of hydrogen-bond donors (Lipinski definition) is 2. The lowest BCUT2D eigenvalue weighted by Gasteiger charge is -2.33. The fourth-order valence-corrected chi connectivity index (χ4v) is 4.57. The number of likely N-dealkylation sites (tertiary alicyclic amines) is 1. The highest BCUT2D eigenvalue weighted by molar-refractivity contribution is 5.85. The van der Waals surface area contributed by atoms with Crippen molar-refractivity contribution < 1.29 is 9.59 Å². The van der Waals surface area contributed by atoms with Gasteiger partial charge in [0.25, 0.3) is 0 Å². The van der Waals surface area contributed by atoms with E-state index < -0.39 is 0 Å². The summed E-state index contributed by atoms with van der Waals surface area (Å²) in [5, 5.41) is 6.79. The summed E-state index contributed by atoms with van der Waals surface area (Å²) >= 11 is 0. The quantitative estimate of drug-likeness (QED) is 0.798. The molecule has 25 heavy (non-hydrogen) atoms. The van der Waals surface area contributed by atoms with Crippen LogP contribution in [-0.2, 0) is 9.59 Å². The molecule has 2 aliphatic heterocycles. The predicted molar refractivity (Wildman–Crippen MR) is 102 cm³/mol. The lowest BCUT2D eigenvalue weighted by molar-refractivity contribution is -0.133. The summed E-state index contributed by atoms with van der Waals surface area (Å²) in [6.07, 6.45) is 8.52. The van der Waals surface area contributed by atoms with Crippen LogP contribution in [0.4, 0.5) is 0 Å². The summed E-state index contributed by atoms with van der Waals surface area (Å²) in [6, 6.07) is 0.786. The van der Waals surface area contributed by atoms with Gasteiger partial charge in [-0.15, -0.1) is 12.4 Å². The molecule has 3 atom stereocenters. The molecule has 144 valence electrons. The summed E-state index contributed by atoms with van der Waals surface area (Å²) in [4.78, 5) is 26.6. The molecule has 1 aliphatic carbocycles. The molecule has 3 unspecified atom stereocenters. The van der Waals surface area contributed by atoms with Crippen molar-refractivity contribution in [1.82, 2.24) is 15.5 Å². The Balaban J connectivity index is 0.00000225. The third kappa shape index (κ3) is 5.33. The molecule has 6 heteroatoms. The van der Waals surface area contributed by atoms with Gasteiger partial charge >= 0.3 is 0 Å². The van der Waals surface area contributed by atoms with E-state index in [1.807, 2.05) is 4.90 Å². The van der Waals surface area contributed by atoms with E-state index in [1.165, 1.54) is 25.7 Å². The molecule has 2 saturated heterocycles. The van der Waals surface area contributed by atoms with Crippen LogP contribution in [0.15, 0.2) is 0 Å². The number of piperidine rings is 1. The maximum atomic E-state index is 12.6. The van der Waals surface area contributed by atoms with E-state index in [0.717, 1.165) is 32.4 Å². The number of carbonyl (C=O) groups is 2. The zero-order valence-corrected chi connectivity index (χ0v) is 16.4. The largest absolute Gasteiger partial charge is 0.352 e. The molecule has 0 aromatic rings. The van der Waals surface area contributed by atoms with Crippen molar-refractivity contribution in [2.75, 3.05) is 13.1 Å². The Bertz CT molecular complexity index is 450. The second-order valence-corrected chi connectivity index (χ2v) is 8.37. The highest BCUT2D eigenvalue weighted by Gasteiger charge is 2.38. The first-order valence-electron chi connectivity index (χ1n) is 9.87. The first-order chi connectivity index (χ1) is 11.5. The molecule has 3 fully saturated rings. The standard InChI is InChI=1S/C19H33N3O2.ClH/c1-13(2)11-18(23)22-9-7-15(8-10-22)20-19(24)17-12-14-5-3-4-6-16(14)21-17;/h13-17,21H,3-12H2,1-2H3,(H,20,24);1H. The molecule has 2 heterocycles. The van der Waals surface area contributed by atoms with E-state index in [1.54, 1.807) is 0 Å². The third-order valence-electron chi connectivity index (χ3n) is 5.96. The van der Waals surface area contributed by atoms with E-state index in [4.69, 9.17) is 0 Å². The SMILES string of the molecule is CC(C)CC(=O)N1CCC(NC(=O)C2CC3CCCCC3N2)CC1.Cl. The normalized spacial score (nSPS) is 29.9. The van der Waals surface area contributed by atoms with Crippen LogP contribution in [0.3, 0.4) is 0 Å². The first-order valence-corrected chi connectivity index (χ1v) is 9.87. The summed E-state index contributed by atoms with van der Waals surface area (Å²) in [6.45, 7) is 5.72. The van der Waals surface area contributed by atoms with E-state index in [9.17, 15) is 9.59 Å². The number of fused-ring (bicyclic) bond motifs is 1. The van der Waals surface area contributed by atoms with Crippen molar-refractivity contribution in [2.24, 2.45) is 11.8 Å². The van der Waals surface area contributed by atoms with E-state index in [2.05, 4.69) is 24.5 Å². The average molecular weight is 372 g/mol. The highest BCUT2D eigenvalue weighted by atomic mass is 35.5. The van der Waals surface area contributed by atoms with Crippen LogP contribution in [0.25, 0.3) is 0 Å². The minimum atomic E-state index is -0.00120. The molecule has 3 aliphatic rings. The Morgan fingerprint density at radius 1 is 1.12 bits per heavy atom. The molecule has 0 aromatic heterocycles. The van der Waals surface area contributed by atoms with Gasteiger partial charge in [0.1, 0.15) is 0 Å². The second-order valence-electron chi connectivity index (χ2n) is 8.37. The number of nitrogens with one attached hydrogen (secondary N) is 2. The van der Waals surface area contributed by atoms with Crippen molar-refractivity contribution in [3.8, 4) is 0 Å². The smallest absolute Gasteiger partial charge is 0.237 e. The van der Waals surface area contributed by atoms with Gasteiger partial charge < -0.3 is 15.5 Å². The van der Waals surface area contributed by atoms with E-state index >= 15 is 0 Å². The third-order valence-corrected chi connectivity index (χ3v) is 5.96. The molecule has 0 spiro atoms. The van der Waals surface area contributed by atoms with Gasteiger partial charge in [-0.2, -0.15) is 0 Å². The molecular weight excluding hydrogens is 338 g/mol. The van der Waals surface area contributed by atoms with Gasteiger partial charge in [0.2, 0.25) is 11.8 Å². The van der Waals surface area contributed by atoms with Gasteiger partial charge in [-0.05, 0) is 43.9 Å². The van der Waals surface area contributed by atoms with Gasteiger partial charge in [0.15, 0.2) is 0 Å².